The molecule has 104 valence electrons. The number of amides is 1. The van der Waals surface area contributed by atoms with Crippen LogP contribution in [-0.4, -0.2) is 60.3 Å². The molecular formula is C12H22N2O4. The van der Waals surface area contributed by atoms with E-state index < -0.39 is 5.97 Å². The highest BCUT2D eigenvalue weighted by Crippen LogP contribution is 2.09. The zero-order valence-electron chi connectivity index (χ0n) is 11.0. The second kappa shape index (κ2) is 7.33. The fourth-order valence-electron chi connectivity index (χ4n) is 2.18. The van der Waals surface area contributed by atoms with Gasteiger partial charge in [0.1, 0.15) is 0 Å². The maximum absolute atomic E-state index is 12.1. The minimum Gasteiger partial charge on any atom is -0.481 e. The lowest BCUT2D eigenvalue weighted by molar-refractivity contribution is -0.140. The fourth-order valence-corrected chi connectivity index (χ4v) is 2.18. The number of hydrogen-bond donors (Lipinski definition) is 2. The molecule has 0 aromatic heterocycles. The first-order valence-electron chi connectivity index (χ1n) is 6.37. The Bertz CT molecular complexity index is 290. The number of rotatable bonds is 6. The topological polar surface area (TPSA) is 78.9 Å². The lowest BCUT2D eigenvalue weighted by Gasteiger charge is -2.30. The molecule has 0 spiro atoms. The van der Waals surface area contributed by atoms with Crippen molar-refractivity contribution in [2.75, 3.05) is 26.3 Å². The molecule has 1 aliphatic heterocycles. The van der Waals surface area contributed by atoms with Gasteiger partial charge in [-0.1, -0.05) is 0 Å². The van der Waals surface area contributed by atoms with Gasteiger partial charge in [0.25, 0.3) is 0 Å². The SMILES string of the molecule is CCN(C(=O)CC1COCCN1)C(C)CC(=O)O. The Kier molecular flexibility index (Phi) is 6.07. The van der Waals surface area contributed by atoms with Crippen LogP contribution in [0.25, 0.3) is 0 Å². The summed E-state index contributed by atoms with van der Waals surface area (Å²) in [5, 5.41) is 12.0. The van der Waals surface area contributed by atoms with Crippen LogP contribution in [-0.2, 0) is 14.3 Å². The number of ether oxygens (including phenoxy) is 1. The molecule has 0 saturated carbocycles. The summed E-state index contributed by atoms with van der Waals surface area (Å²) < 4.78 is 5.29. The number of morpholine rings is 1. The molecule has 1 saturated heterocycles. The van der Waals surface area contributed by atoms with Gasteiger partial charge in [-0.05, 0) is 13.8 Å². The minimum absolute atomic E-state index is 0.0192. The van der Waals surface area contributed by atoms with E-state index in [9.17, 15) is 9.59 Å². The normalized spacial score (nSPS) is 21.3. The van der Waals surface area contributed by atoms with Crippen molar-refractivity contribution in [1.29, 1.82) is 0 Å². The van der Waals surface area contributed by atoms with E-state index >= 15 is 0 Å². The van der Waals surface area contributed by atoms with Crippen LogP contribution in [0, 0.1) is 0 Å². The first-order chi connectivity index (χ1) is 8.54. The Hall–Kier alpha value is -1.14. The second-order valence-electron chi connectivity index (χ2n) is 4.56. The summed E-state index contributed by atoms with van der Waals surface area (Å²) in [6.45, 7) is 6.13. The van der Waals surface area contributed by atoms with Gasteiger partial charge in [-0.2, -0.15) is 0 Å². The maximum Gasteiger partial charge on any atom is 0.305 e. The van der Waals surface area contributed by atoms with E-state index in [-0.39, 0.29) is 24.4 Å². The monoisotopic (exact) mass is 258 g/mol. The second-order valence-corrected chi connectivity index (χ2v) is 4.56. The first kappa shape index (κ1) is 14.9. The Morgan fingerprint density at radius 3 is 2.78 bits per heavy atom. The van der Waals surface area contributed by atoms with Crippen molar-refractivity contribution in [2.45, 2.75) is 38.8 Å². The summed E-state index contributed by atoms with van der Waals surface area (Å²) in [5.74, 6) is -0.901. The molecular weight excluding hydrogens is 236 g/mol. The molecule has 6 nitrogen and oxygen atoms in total. The smallest absolute Gasteiger partial charge is 0.305 e. The average molecular weight is 258 g/mol. The molecule has 0 aromatic carbocycles. The fraction of sp³-hybridized carbons (Fsp3) is 0.833. The number of nitrogens with one attached hydrogen (secondary N) is 1. The van der Waals surface area contributed by atoms with Crippen LogP contribution in [0.5, 0.6) is 0 Å². The third-order valence-corrected chi connectivity index (χ3v) is 3.08. The van der Waals surface area contributed by atoms with E-state index in [0.717, 1.165) is 6.54 Å². The van der Waals surface area contributed by atoms with E-state index in [4.69, 9.17) is 9.84 Å². The van der Waals surface area contributed by atoms with Crippen molar-refractivity contribution in [3.63, 3.8) is 0 Å². The molecule has 0 bridgehead atoms. The summed E-state index contributed by atoms with van der Waals surface area (Å²) in [4.78, 5) is 24.4. The Labute approximate surface area is 107 Å². The number of carboxylic acid groups (broad SMARTS) is 1. The highest BCUT2D eigenvalue weighted by molar-refractivity contribution is 5.78. The highest BCUT2D eigenvalue weighted by atomic mass is 16.5. The van der Waals surface area contributed by atoms with Crippen molar-refractivity contribution in [1.82, 2.24) is 10.2 Å². The van der Waals surface area contributed by atoms with Gasteiger partial charge in [-0.3, -0.25) is 9.59 Å². The summed E-state index contributed by atoms with van der Waals surface area (Å²) in [6.07, 6.45) is 0.339. The predicted octanol–water partition coefficient (Wildman–Crippen LogP) is 0.0766. The maximum atomic E-state index is 12.1. The summed E-state index contributed by atoms with van der Waals surface area (Å²) in [7, 11) is 0. The molecule has 0 aromatic rings. The van der Waals surface area contributed by atoms with Gasteiger partial charge in [0.2, 0.25) is 5.91 Å². The number of aliphatic carboxylic acids is 1. The van der Waals surface area contributed by atoms with Crippen LogP contribution in [0.1, 0.15) is 26.7 Å². The zero-order chi connectivity index (χ0) is 13.5. The van der Waals surface area contributed by atoms with Crippen molar-refractivity contribution in [3.05, 3.63) is 0 Å². The Balaban J connectivity index is 2.47. The van der Waals surface area contributed by atoms with Gasteiger partial charge in [-0.15, -0.1) is 0 Å². The minimum atomic E-state index is -0.882. The number of hydrogen-bond acceptors (Lipinski definition) is 4. The predicted molar refractivity (Wildman–Crippen MR) is 66.3 cm³/mol. The summed E-state index contributed by atoms with van der Waals surface area (Å²) >= 11 is 0. The molecule has 6 heteroatoms. The van der Waals surface area contributed by atoms with E-state index in [2.05, 4.69) is 5.32 Å². The molecule has 1 heterocycles. The number of carbonyl (C=O) groups is 2. The van der Waals surface area contributed by atoms with E-state index in [1.54, 1.807) is 11.8 Å². The van der Waals surface area contributed by atoms with Crippen LogP contribution >= 0.6 is 0 Å². The van der Waals surface area contributed by atoms with E-state index in [1.165, 1.54) is 0 Å². The lowest BCUT2D eigenvalue weighted by Crippen LogP contribution is -2.47. The molecule has 1 aliphatic rings. The summed E-state index contributed by atoms with van der Waals surface area (Å²) in [5.41, 5.74) is 0. The molecule has 2 unspecified atom stereocenters. The van der Waals surface area contributed by atoms with Gasteiger partial charge in [0, 0.05) is 31.6 Å². The van der Waals surface area contributed by atoms with Gasteiger partial charge >= 0.3 is 5.97 Å². The summed E-state index contributed by atoms with van der Waals surface area (Å²) in [6, 6.07) is -0.234. The third-order valence-electron chi connectivity index (χ3n) is 3.08. The lowest BCUT2D eigenvalue weighted by atomic mass is 10.1. The largest absolute Gasteiger partial charge is 0.481 e. The van der Waals surface area contributed by atoms with Crippen LogP contribution in [0.15, 0.2) is 0 Å². The molecule has 1 fully saturated rings. The molecule has 1 rings (SSSR count). The average Bonchev–Trinajstić information content (AvgIpc) is 2.30. The van der Waals surface area contributed by atoms with Crippen LogP contribution < -0.4 is 5.32 Å². The number of carboxylic acids is 1. The van der Waals surface area contributed by atoms with Crippen molar-refractivity contribution in [3.8, 4) is 0 Å². The number of nitrogens with zero attached hydrogens (tertiary/aromatic N) is 1. The first-order valence-corrected chi connectivity index (χ1v) is 6.37. The van der Waals surface area contributed by atoms with Gasteiger partial charge in [-0.25, -0.2) is 0 Å². The van der Waals surface area contributed by atoms with E-state index in [0.29, 0.717) is 26.2 Å². The standard InChI is InChI=1S/C12H22N2O4/c1-3-14(9(2)6-12(16)17)11(15)7-10-8-18-5-4-13-10/h9-10,13H,3-8H2,1-2H3,(H,16,17). The molecule has 0 radical (unpaired) electrons. The highest BCUT2D eigenvalue weighted by Gasteiger charge is 2.24. The van der Waals surface area contributed by atoms with Crippen LogP contribution in [0.4, 0.5) is 0 Å². The van der Waals surface area contributed by atoms with Crippen molar-refractivity contribution in [2.24, 2.45) is 0 Å². The third kappa shape index (κ3) is 4.62. The molecule has 18 heavy (non-hydrogen) atoms. The quantitative estimate of drug-likeness (QED) is 0.705. The van der Waals surface area contributed by atoms with E-state index in [1.807, 2.05) is 6.92 Å². The van der Waals surface area contributed by atoms with Gasteiger partial charge in [0.05, 0.1) is 19.6 Å². The van der Waals surface area contributed by atoms with Crippen molar-refractivity contribution >= 4 is 11.9 Å². The van der Waals surface area contributed by atoms with Crippen LogP contribution in [0.2, 0.25) is 0 Å². The van der Waals surface area contributed by atoms with Crippen LogP contribution in [0.3, 0.4) is 0 Å². The van der Waals surface area contributed by atoms with Gasteiger partial charge in [0.15, 0.2) is 0 Å². The Morgan fingerprint density at radius 2 is 2.28 bits per heavy atom. The molecule has 0 aliphatic carbocycles. The number of carbonyl (C=O) groups excluding carboxylic acids is 1. The Morgan fingerprint density at radius 1 is 1.56 bits per heavy atom. The van der Waals surface area contributed by atoms with Crippen molar-refractivity contribution < 1.29 is 19.4 Å². The molecule has 1 amide bonds. The zero-order valence-corrected chi connectivity index (χ0v) is 11.0. The molecule has 2 N–H and O–H groups in total. The van der Waals surface area contributed by atoms with Gasteiger partial charge < -0.3 is 20.1 Å². The molecule has 2 atom stereocenters.